The Morgan fingerprint density at radius 2 is 1.83 bits per heavy atom. The summed E-state index contributed by atoms with van der Waals surface area (Å²) in [6.45, 7) is 1.43. The summed E-state index contributed by atoms with van der Waals surface area (Å²) < 4.78 is 12.0. The highest BCUT2D eigenvalue weighted by Gasteiger charge is 2.25. The van der Waals surface area contributed by atoms with Crippen LogP contribution < -0.4 is 10.1 Å². The van der Waals surface area contributed by atoms with Gasteiger partial charge in [-0.05, 0) is 31.2 Å². The molecule has 2 aromatic carbocycles. The largest absolute Gasteiger partial charge is 0.493 e. The number of aromatic nitrogens is 2. The van der Waals surface area contributed by atoms with Crippen LogP contribution in [-0.4, -0.2) is 34.9 Å². The minimum absolute atomic E-state index is 0.0478. The van der Waals surface area contributed by atoms with Crippen molar-refractivity contribution in [2.24, 2.45) is 0 Å². The summed E-state index contributed by atoms with van der Waals surface area (Å²) in [6.07, 6.45) is 0.445. The molecular weight excluding hydrogens is 372 g/mol. The summed E-state index contributed by atoms with van der Waals surface area (Å²) >= 11 is 0. The molecule has 0 aliphatic rings. The van der Waals surface area contributed by atoms with Crippen LogP contribution in [0.1, 0.15) is 23.0 Å². The summed E-state index contributed by atoms with van der Waals surface area (Å²) in [5.41, 5.74) is 1.34. The maximum absolute atomic E-state index is 12.5. The highest BCUT2D eigenvalue weighted by molar-refractivity contribution is 5.98. The van der Waals surface area contributed by atoms with Gasteiger partial charge >= 0.3 is 5.97 Å². The van der Waals surface area contributed by atoms with E-state index in [4.69, 9.17) is 14.7 Å². The average molecular weight is 390 g/mol. The molecule has 8 nitrogen and oxygen atoms in total. The van der Waals surface area contributed by atoms with Gasteiger partial charge in [0.25, 0.3) is 5.91 Å². The third kappa shape index (κ3) is 4.42. The molecule has 0 radical (unpaired) electrons. The van der Waals surface area contributed by atoms with E-state index in [1.165, 1.54) is 18.7 Å². The van der Waals surface area contributed by atoms with Gasteiger partial charge in [0.1, 0.15) is 6.07 Å². The standard InChI is InChI=1S/C21H18N4O4/c1-14(20(26)23-17-11-7-6-8-15(17)12-22)29-21(27)19-18(28-2)13-25(24-19)16-9-4-3-5-10-16/h3-11,13-14H,1-2H3,(H,23,26)/t14-/m1/s1. The van der Waals surface area contributed by atoms with E-state index >= 15 is 0 Å². The number of para-hydroxylation sites is 2. The molecule has 1 aromatic heterocycles. The van der Waals surface area contributed by atoms with Crippen molar-refractivity contribution in [2.75, 3.05) is 12.4 Å². The van der Waals surface area contributed by atoms with E-state index in [2.05, 4.69) is 10.4 Å². The lowest BCUT2D eigenvalue weighted by molar-refractivity contribution is -0.123. The number of benzene rings is 2. The number of methoxy groups -OCH3 is 1. The first-order chi connectivity index (χ1) is 14.0. The third-order valence-corrected chi connectivity index (χ3v) is 4.07. The smallest absolute Gasteiger partial charge is 0.363 e. The number of hydrogen-bond acceptors (Lipinski definition) is 6. The summed E-state index contributed by atoms with van der Waals surface area (Å²) in [4.78, 5) is 24.9. The molecule has 1 amide bonds. The first-order valence-electron chi connectivity index (χ1n) is 8.73. The van der Waals surface area contributed by atoms with Crippen LogP contribution in [0.25, 0.3) is 5.69 Å². The van der Waals surface area contributed by atoms with Crippen LogP contribution in [0.15, 0.2) is 60.8 Å². The normalized spacial score (nSPS) is 11.2. The molecule has 0 bridgehead atoms. The lowest BCUT2D eigenvalue weighted by Crippen LogP contribution is -2.30. The van der Waals surface area contributed by atoms with Gasteiger partial charge in [0.05, 0.1) is 30.2 Å². The molecule has 1 N–H and O–H groups in total. The summed E-state index contributed by atoms with van der Waals surface area (Å²) in [6, 6.07) is 17.7. The number of anilines is 1. The summed E-state index contributed by atoms with van der Waals surface area (Å²) in [5.74, 6) is -1.14. The number of nitriles is 1. The van der Waals surface area contributed by atoms with Crippen LogP contribution in [0, 0.1) is 11.3 Å². The van der Waals surface area contributed by atoms with Gasteiger partial charge in [0, 0.05) is 0 Å². The molecule has 0 aliphatic carbocycles. The minimum Gasteiger partial charge on any atom is -0.493 e. The predicted octanol–water partition coefficient (Wildman–Crippen LogP) is 2.94. The third-order valence-electron chi connectivity index (χ3n) is 4.07. The minimum atomic E-state index is -1.11. The van der Waals surface area contributed by atoms with Crippen LogP contribution in [0.4, 0.5) is 5.69 Å². The van der Waals surface area contributed by atoms with Gasteiger partial charge in [-0.3, -0.25) is 4.79 Å². The predicted molar refractivity (Wildman–Crippen MR) is 105 cm³/mol. The molecule has 3 aromatic rings. The number of rotatable bonds is 6. The van der Waals surface area contributed by atoms with Crippen LogP contribution in [-0.2, 0) is 9.53 Å². The van der Waals surface area contributed by atoms with Crippen molar-refractivity contribution >= 4 is 17.6 Å². The lowest BCUT2D eigenvalue weighted by Gasteiger charge is -2.13. The maximum Gasteiger partial charge on any atom is 0.363 e. The van der Waals surface area contributed by atoms with E-state index in [1.807, 2.05) is 36.4 Å². The molecule has 1 atom stereocenters. The van der Waals surface area contributed by atoms with Crippen LogP contribution in [0.5, 0.6) is 5.75 Å². The summed E-state index contributed by atoms with van der Waals surface area (Å²) in [7, 11) is 1.41. The summed E-state index contributed by atoms with van der Waals surface area (Å²) in [5, 5.41) is 15.9. The second-order valence-corrected chi connectivity index (χ2v) is 6.02. The number of nitrogens with one attached hydrogen (secondary N) is 1. The van der Waals surface area contributed by atoms with Crippen molar-refractivity contribution in [3.8, 4) is 17.5 Å². The molecular formula is C21H18N4O4. The first-order valence-corrected chi connectivity index (χ1v) is 8.73. The number of esters is 1. The fraction of sp³-hybridized carbons (Fsp3) is 0.143. The quantitative estimate of drug-likeness (QED) is 0.649. The zero-order valence-electron chi connectivity index (χ0n) is 15.8. The van der Waals surface area contributed by atoms with Gasteiger partial charge in [0.2, 0.25) is 5.69 Å². The Bertz CT molecular complexity index is 1070. The SMILES string of the molecule is COc1cn(-c2ccccc2)nc1C(=O)O[C@H](C)C(=O)Nc1ccccc1C#N. The van der Waals surface area contributed by atoms with E-state index in [-0.39, 0.29) is 11.4 Å². The Morgan fingerprint density at radius 1 is 1.14 bits per heavy atom. The number of carbonyl (C=O) groups is 2. The number of amides is 1. The maximum atomic E-state index is 12.5. The van der Waals surface area contributed by atoms with Crippen LogP contribution >= 0.6 is 0 Å². The fourth-order valence-corrected chi connectivity index (χ4v) is 2.56. The van der Waals surface area contributed by atoms with E-state index in [9.17, 15) is 9.59 Å². The molecule has 3 rings (SSSR count). The number of carbonyl (C=O) groups excluding carboxylic acids is 2. The van der Waals surface area contributed by atoms with Gasteiger partial charge in [-0.25, -0.2) is 9.48 Å². The molecule has 0 fully saturated rings. The Labute approximate surface area is 167 Å². The second-order valence-electron chi connectivity index (χ2n) is 6.02. The fourth-order valence-electron chi connectivity index (χ4n) is 2.56. The van der Waals surface area contributed by atoms with Gasteiger partial charge in [-0.1, -0.05) is 30.3 Å². The van der Waals surface area contributed by atoms with Crippen LogP contribution in [0.2, 0.25) is 0 Å². The zero-order chi connectivity index (χ0) is 20.8. The van der Waals surface area contributed by atoms with Crippen molar-refractivity contribution < 1.29 is 19.1 Å². The molecule has 1 heterocycles. The number of ether oxygens (including phenoxy) is 2. The number of hydrogen-bond donors (Lipinski definition) is 1. The molecule has 146 valence electrons. The first kappa shape index (κ1) is 19.6. The van der Waals surface area contributed by atoms with Crippen molar-refractivity contribution in [3.63, 3.8) is 0 Å². The number of nitrogens with zero attached hydrogens (tertiary/aromatic N) is 3. The van der Waals surface area contributed by atoms with E-state index in [0.717, 1.165) is 5.69 Å². The Hall–Kier alpha value is -4.12. The molecule has 0 unspecified atom stereocenters. The van der Waals surface area contributed by atoms with Gasteiger partial charge < -0.3 is 14.8 Å². The lowest BCUT2D eigenvalue weighted by atomic mass is 10.2. The molecule has 0 spiro atoms. The molecule has 0 saturated carbocycles. The molecule has 8 heteroatoms. The Morgan fingerprint density at radius 3 is 2.52 bits per heavy atom. The van der Waals surface area contributed by atoms with Crippen molar-refractivity contribution in [3.05, 3.63) is 72.1 Å². The Balaban J connectivity index is 1.73. The molecule has 0 saturated heterocycles. The van der Waals surface area contributed by atoms with Gasteiger partial charge in [-0.2, -0.15) is 10.4 Å². The Kier molecular flexibility index (Phi) is 5.90. The second kappa shape index (κ2) is 8.71. The van der Waals surface area contributed by atoms with Crippen LogP contribution in [0.3, 0.4) is 0 Å². The molecule has 0 aliphatic heterocycles. The monoisotopic (exact) mass is 390 g/mol. The van der Waals surface area contributed by atoms with Gasteiger partial charge in [-0.15, -0.1) is 0 Å². The van der Waals surface area contributed by atoms with E-state index < -0.39 is 18.0 Å². The van der Waals surface area contributed by atoms with Gasteiger partial charge in [0.15, 0.2) is 11.9 Å². The van der Waals surface area contributed by atoms with Crippen molar-refractivity contribution in [1.29, 1.82) is 5.26 Å². The van der Waals surface area contributed by atoms with Crippen molar-refractivity contribution in [1.82, 2.24) is 9.78 Å². The topological polar surface area (TPSA) is 106 Å². The van der Waals surface area contributed by atoms with E-state index in [0.29, 0.717) is 11.3 Å². The van der Waals surface area contributed by atoms with Crippen molar-refractivity contribution in [2.45, 2.75) is 13.0 Å². The highest BCUT2D eigenvalue weighted by Crippen LogP contribution is 2.21. The molecule has 29 heavy (non-hydrogen) atoms. The highest BCUT2D eigenvalue weighted by atomic mass is 16.6. The average Bonchev–Trinajstić information content (AvgIpc) is 3.19. The zero-order valence-corrected chi connectivity index (χ0v) is 15.8. The van der Waals surface area contributed by atoms with E-state index in [1.54, 1.807) is 30.5 Å².